The highest BCUT2D eigenvalue weighted by molar-refractivity contribution is 7.93. The zero-order valence-electron chi connectivity index (χ0n) is 9.57. The summed E-state index contributed by atoms with van der Waals surface area (Å²) < 4.78 is 20.6. The highest BCUT2D eigenvalue weighted by Crippen LogP contribution is 2.12. The maximum absolute atomic E-state index is 12.0. The monoisotopic (exact) mass is 234 g/mol. The fourth-order valence-electron chi connectivity index (χ4n) is 1.07. The molecule has 1 aliphatic rings. The summed E-state index contributed by atoms with van der Waals surface area (Å²) in [4.78, 5) is 11.3. The van der Waals surface area contributed by atoms with Gasteiger partial charge in [-0.25, -0.2) is 9.00 Å². The lowest BCUT2D eigenvalue weighted by Gasteiger charge is -2.28. The van der Waals surface area contributed by atoms with E-state index in [0.29, 0.717) is 13.1 Å². The predicted octanol–water partition coefficient (Wildman–Crippen LogP) is 0.991. The quantitative estimate of drug-likeness (QED) is 0.734. The second-order valence-corrected chi connectivity index (χ2v) is 7.28. The van der Waals surface area contributed by atoms with Gasteiger partial charge in [0.25, 0.3) is 0 Å². The average molecular weight is 234 g/mol. The van der Waals surface area contributed by atoms with Gasteiger partial charge in [-0.05, 0) is 20.8 Å². The van der Waals surface area contributed by atoms with Gasteiger partial charge in [0.2, 0.25) is 0 Å². The summed E-state index contributed by atoms with van der Waals surface area (Å²) in [5, 5.41) is 2.96. The van der Waals surface area contributed by atoms with E-state index in [4.69, 9.17) is 4.74 Å². The molecule has 1 unspecified atom stereocenters. The van der Waals surface area contributed by atoms with Crippen LogP contribution in [0, 0.1) is 0 Å². The number of nitrogens with one attached hydrogen (secondary N) is 1. The second-order valence-electron chi connectivity index (χ2n) is 4.71. The SMILES string of the molecule is CC(C)(C)OC(=O)N=S(C)(=O)C1CNC1. The summed E-state index contributed by atoms with van der Waals surface area (Å²) in [5.74, 6) is 0. The largest absolute Gasteiger partial charge is 0.442 e. The van der Waals surface area contributed by atoms with Crippen LogP contribution in [-0.2, 0) is 14.5 Å². The van der Waals surface area contributed by atoms with Crippen molar-refractivity contribution in [3.63, 3.8) is 0 Å². The van der Waals surface area contributed by atoms with Gasteiger partial charge in [-0.3, -0.25) is 0 Å². The van der Waals surface area contributed by atoms with Crippen molar-refractivity contribution in [1.29, 1.82) is 0 Å². The van der Waals surface area contributed by atoms with Crippen LogP contribution >= 0.6 is 0 Å². The van der Waals surface area contributed by atoms with E-state index in [1.807, 2.05) is 0 Å². The highest BCUT2D eigenvalue weighted by atomic mass is 32.2. The van der Waals surface area contributed by atoms with Crippen molar-refractivity contribution >= 4 is 15.8 Å². The van der Waals surface area contributed by atoms with Crippen molar-refractivity contribution in [3.8, 4) is 0 Å². The Morgan fingerprint density at radius 1 is 1.47 bits per heavy atom. The Bertz CT molecular complexity index is 360. The van der Waals surface area contributed by atoms with E-state index in [1.54, 1.807) is 20.8 Å². The van der Waals surface area contributed by atoms with Gasteiger partial charge in [-0.1, -0.05) is 0 Å². The molecule has 1 saturated heterocycles. The molecule has 0 saturated carbocycles. The van der Waals surface area contributed by atoms with E-state index in [9.17, 15) is 9.00 Å². The summed E-state index contributed by atoms with van der Waals surface area (Å²) in [6, 6.07) is 0. The Hall–Kier alpha value is -0.620. The molecule has 0 aromatic heterocycles. The normalized spacial score (nSPS) is 21.3. The van der Waals surface area contributed by atoms with E-state index in [1.165, 1.54) is 6.26 Å². The predicted molar refractivity (Wildman–Crippen MR) is 59.4 cm³/mol. The minimum Gasteiger partial charge on any atom is -0.442 e. The van der Waals surface area contributed by atoms with Crippen molar-refractivity contribution in [2.75, 3.05) is 19.3 Å². The Morgan fingerprint density at radius 2 is 2.00 bits per heavy atom. The van der Waals surface area contributed by atoms with Crippen LogP contribution in [0.1, 0.15) is 20.8 Å². The van der Waals surface area contributed by atoms with Crippen molar-refractivity contribution in [2.24, 2.45) is 4.36 Å². The van der Waals surface area contributed by atoms with Gasteiger partial charge in [0.15, 0.2) is 0 Å². The highest BCUT2D eigenvalue weighted by Gasteiger charge is 2.27. The van der Waals surface area contributed by atoms with Crippen LogP contribution in [0.5, 0.6) is 0 Å². The molecule has 1 aliphatic heterocycles. The topological polar surface area (TPSA) is 67.8 Å². The molecule has 1 heterocycles. The third-order valence-electron chi connectivity index (χ3n) is 2.01. The van der Waals surface area contributed by atoms with Crippen LogP contribution in [0.3, 0.4) is 0 Å². The fraction of sp³-hybridized carbons (Fsp3) is 0.889. The number of hydrogen-bond acceptors (Lipinski definition) is 4. The van der Waals surface area contributed by atoms with Gasteiger partial charge in [0.05, 0.1) is 15.0 Å². The Kier molecular flexibility index (Phi) is 3.40. The number of carbonyl (C=O) groups excluding carboxylic acids is 1. The standard InChI is InChI=1S/C9H18N2O3S/c1-9(2,3)14-8(12)11-15(4,13)7-5-10-6-7/h7,10H,5-6H2,1-4H3. The van der Waals surface area contributed by atoms with Crippen molar-refractivity contribution in [1.82, 2.24) is 5.32 Å². The molecule has 1 atom stereocenters. The molecule has 1 amide bonds. The second kappa shape index (κ2) is 4.09. The third-order valence-corrected chi connectivity index (χ3v) is 4.09. The van der Waals surface area contributed by atoms with Crippen LogP contribution in [0.25, 0.3) is 0 Å². The lowest BCUT2D eigenvalue weighted by Crippen LogP contribution is -2.51. The molecule has 0 aromatic rings. The average Bonchev–Trinajstić information content (AvgIpc) is 1.71. The molecular weight excluding hydrogens is 216 g/mol. The van der Waals surface area contributed by atoms with Crippen LogP contribution in [0.4, 0.5) is 4.79 Å². The zero-order valence-corrected chi connectivity index (χ0v) is 10.4. The number of nitrogens with zero attached hydrogens (tertiary/aromatic N) is 1. The first-order valence-electron chi connectivity index (χ1n) is 4.85. The molecule has 0 aliphatic carbocycles. The molecular formula is C9H18N2O3S. The Labute approximate surface area is 90.8 Å². The molecule has 1 fully saturated rings. The van der Waals surface area contributed by atoms with Gasteiger partial charge in [0.1, 0.15) is 5.60 Å². The van der Waals surface area contributed by atoms with Crippen LogP contribution in [-0.4, -0.2) is 40.5 Å². The van der Waals surface area contributed by atoms with Gasteiger partial charge in [-0.15, -0.1) is 4.36 Å². The van der Waals surface area contributed by atoms with Gasteiger partial charge >= 0.3 is 6.09 Å². The van der Waals surface area contributed by atoms with E-state index in [2.05, 4.69) is 9.68 Å². The molecule has 0 spiro atoms. The smallest absolute Gasteiger partial charge is 0.442 e. The first-order chi connectivity index (χ1) is 6.71. The van der Waals surface area contributed by atoms with Gasteiger partial charge < -0.3 is 10.1 Å². The molecule has 15 heavy (non-hydrogen) atoms. The molecule has 1 N–H and O–H groups in total. The van der Waals surface area contributed by atoms with Crippen molar-refractivity contribution in [2.45, 2.75) is 31.6 Å². The van der Waals surface area contributed by atoms with Crippen molar-refractivity contribution in [3.05, 3.63) is 0 Å². The number of rotatable bonds is 1. The minimum absolute atomic E-state index is 0.0370. The maximum Gasteiger partial charge on any atom is 0.442 e. The van der Waals surface area contributed by atoms with Gasteiger partial charge in [0, 0.05) is 19.3 Å². The summed E-state index contributed by atoms with van der Waals surface area (Å²) >= 11 is 0. The van der Waals surface area contributed by atoms with Crippen LogP contribution in [0.15, 0.2) is 4.36 Å². The van der Waals surface area contributed by atoms with Crippen LogP contribution in [0.2, 0.25) is 0 Å². The molecule has 0 radical (unpaired) electrons. The molecule has 0 bridgehead atoms. The summed E-state index contributed by atoms with van der Waals surface area (Å²) in [6.07, 6.45) is 0.768. The summed E-state index contributed by atoms with van der Waals surface area (Å²) in [6.45, 7) is 6.57. The Morgan fingerprint density at radius 3 is 2.33 bits per heavy atom. The Balaban J connectivity index is 2.69. The number of amides is 1. The molecule has 88 valence electrons. The number of ether oxygens (including phenoxy) is 1. The summed E-state index contributed by atoms with van der Waals surface area (Å²) in [7, 11) is -2.46. The van der Waals surface area contributed by atoms with E-state index in [0.717, 1.165) is 0 Å². The van der Waals surface area contributed by atoms with E-state index < -0.39 is 21.4 Å². The molecule has 0 aromatic carbocycles. The van der Waals surface area contributed by atoms with Gasteiger partial charge in [-0.2, -0.15) is 0 Å². The lowest BCUT2D eigenvalue weighted by atomic mass is 10.2. The minimum atomic E-state index is -2.46. The molecule has 5 nitrogen and oxygen atoms in total. The van der Waals surface area contributed by atoms with E-state index in [-0.39, 0.29) is 5.25 Å². The molecule has 1 rings (SSSR count). The van der Waals surface area contributed by atoms with E-state index >= 15 is 0 Å². The third kappa shape index (κ3) is 3.79. The first kappa shape index (κ1) is 12.4. The first-order valence-corrected chi connectivity index (χ1v) is 6.84. The summed E-state index contributed by atoms with van der Waals surface area (Å²) in [5.41, 5.74) is -0.589. The zero-order chi connectivity index (χ0) is 11.7. The molecule has 6 heteroatoms. The van der Waals surface area contributed by atoms with Crippen molar-refractivity contribution < 1.29 is 13.7 Å². The van der Waals surface area contributed by atoms with Crippen LogP contribution < -0.4 is 5.32 Å². The fourth-order valence-corrected chi connectivity index (χ4v) is 2.41. The lowest BCUT2D eigenvalue weighted by molar-refractivity contribution is 0.0607. The maximum atomic E-state index is 12.0. The number of carbonyl (C=O) groups is 1. The number of hydrogen-bond donors (Lipinski definition) is 1.